The average Bonchev–Trinajstić information content (AvgIpc) is 3.05. The number of amides is 1. The number of halogens is 1. The molecule has 1 aliphatic rings. The summed E-state index contributed by atoms with van der Waals surface area (Å²) in [7, 11) is 0. The van der Waals surface area contributed by atoms with Crippen LogP contribution in [0.4, 0.5) is 5.13 Å². The van der Waals surface area contributed by atoms with Gasteiger partial charge in [-0.2, -0.15) is 0 Å². The molecule has 24 heavy (non-hydrogen) atoms. The van der Waals surface area contributed by atoms with E-state index in [1.165, 1.54) is 0 Å². The zero-order chi connectivity index (χ0) is 16.5. The number of piperazine rings is 1. The van der Waals surface area contributed by atoms with Crippen molar-refractivity contribution in [1.29, 1.82) is 0 Å². The summed E-state index contributed by atoms with van der Waals surface area (Å²) in [5, 5.41) is 0.972. The minimum Gasteiger partial charge on any atom is -0.344 e. The molecule has 1 saturated heterocycles. The Bertz CT molecular complexity index is 858. The Kier molecular flexibility index (Phi) is 4.15. The van der Waals surface area contributed by atoms with Crippen molar-refractivity contribution in [3.63, 3.8) is 0 Å². The summed E-state index contributed by atoms with van der Waals surface area (Å²) in [6.45, 7) is 2.89. The number of fused-ring (bicyclic) bond motifs is 1. The van der Waals surface area contributed by atoms with Crippen molar-refractivity contribution in [3.8, 4) is 0 Å². The summed E-state index contributed by atoms with van der Waals surface area (Å²) < 4.78 is 0.814. The van der Waals surface area contributed by atoms with Gasteiger partial charge in [-0.15, -0.1) is 0 Å². The van der Waals surface area contributed by atoms with Crippen LogP contribution in [0.25, 0.3) is 10.3 Å². The highest BCUT2D eigenvalue weighted by molar-refractivity contribution is 9.10. The molecule has 3 aromatic rings. The molecule has 0 spiro atoms. The van der Waals surface area contributed by atoms with E-state index in [2.05, 4.69) is 35.8 Å². The first-order chi connectivity index (χ1) is 11.7. The number of rotatable bonds is 2. The average molecular weight is 404 g/mol. The summed E-state index contributed by atoms with van der Waals surface area (Å²) in [4.78, 5) is 30.6. The van der Waals surface area contributed by atoms with Gasteiger partial charge in [0.15, 0.2) is 5.13 Å². The SMILES string of the molecule is O=C(c1cncc(Br)c1)N1CCN(c2nc3cccnc3s2)CC1. The molecule has 4 rings (SSSR count). The minimum absolute atomic E-state index is 0.0226. The van der Waals surface area contributed by atoms with Crippen molar-refractivity contribution in [2.24, 2.45) is 0 Å². The molecule has 4 heterocycles. The number of thiazole rings is 1. The van der Waals surface area contributed by atoms with Crippen molar-refractivity contribution in [1.82, 2.24) is 19.9 Å². The highest BCUT2D eigenvalue weighted by Crippen LogP contribution is 2.27. The Morgan fingerprint density at radius 2 is 2.04 bits per heavy atom. The fourth-order valence-electron chi connectivity index (χ4n) is 2.71. The van der Waals surface area contributed by atoms with E-state index in [0.717, 1.165) is 33.0 Å². The summed E-state index contributed by atoms with van der Waals surface area (Å²) in [6, 6.07) is 5.68. The molecule has 0 aliphatic carbocycles. The lowest BCUT2D eigenvalue weighted by Gasteiger charge is -2.34. The van der Waals surface area contributed by atoms with E-state index in [0.29, 0.717) is 18.7 Å². The molecule has 1 fully saturated rings. The van der Waals surface area contributed by atoms with Gasteiger partial charge in [-0.25, -0.2) is 9.97 Å². The van der Waals surface area contributed by atoms with Gasteiger partial charge < -0.3 is 9.80 Å². The molecule has 0 aromatic carbocycles. The number of carbonyl (C=O) groups excluding carboxylic acids is 1. The molecular weight excluding hydrogens is 390 g/mol. The Labute approximate surface area is 151 Å². The van der Waals surface area contributed by atoms with E-state index >= 15 is 0 Å². The Morgan fingerprint density at radius 1 is 1.21 bits per heavy atom. The third-order valence-corrected chi connectivity index (χ3v) is 5.42. The summed E-state index contributed by atoms with van der Waals surface area (Å²) in [5.74, 6) is 0.0226. The molecule has 0 saturated carbocycles. The van der Waals surface area contributed by atoms with Gasteiger partial charge in [0.05, 0.1) is 5.56 Å². The third kappa shape index (κ3) is 2.99. The molecule has 6 nitrogen and oxygen atoms in total. The van der Waals surface area contributed by atoms with Crippen LogP contribution in [0.1, 0.15) is 10.4 Å². The van der Waals surface area contributed by atoms with Crippen LogP contribution >= 0.6 is 27.3 Å². The summed E-state index contributed by atoms with van der Waals surface area (Å²) >= 11 is 4.95. The number of pyridine rings is 2. The van der Waals surface area contributed by atoms with Crippen molar-refractivity contribution in [2.75, 3.05) is 31.1 Å². The standard InChI is InChI=1S/C16H14BrN5OS/c17-12-8-11(9-18-10-12)15(23)21-4-6-22(7-5-21)16-20-13-2-1-3-19-14(13)24-16/h1-3,8-10H,4-7H2. The van der Waals surface area contributed by atoms with E-state index in [9.17, 15) is 4.79 Å². The van der Waals surface area contributed by atoms with Crippen molar-refractivity contribution in [3.05, 3.63) is 46.8 Å². The molecule has 122 valence electrons. The van der Waals surface area contributed by atoms with E-state index in [1.807, 2.05) is 17.0 Å². The number of hydrogen-bond donors (Lipinski definition) is 0. The Balaban J connectivity index is 1.45. The molecule has 0 atom stereocenters. The van der Waals surface area contributed by atoms with Gasteiger partial charge in [0, 0.05) is 49.2 Å². The largest absolute Gasteiger partial charge is 0.344 e. The smallest absolute Gasteiger partial charge is 0.255 e. The van der Waals surface area contributed by atoms with Gasteiger partial charge in [0.1, 0.15) is 10.3 Å². The quantitative estimate of drug-likeness (QED) is 0.658. The first-order valence-corrected chi connectivity index (χ1v) is 9.18. The molecule has 0 N–H and O–H groups in total. The van der Waals surface area contributed by atoms with Crippen molar-refractivity contribution < 1.29 is 4.79 Å². The minimum atomic E-state index is 0.0226. The van der Waals surface area contributed by atoms with Gasteiger partial charge in [-0.1, -0.05) is 11.3 Å². The first-order valence-electron chi connectivity index (χ1n) is 7.57. The normalized spacial score (nSPS) is 15.0. The van der Waals surface area contributed by atoms with Gasteiger partial charge in [-0.3, -0.25) is 9.78 Å². The van der Waals surface area contributed by atoms with Crippen molar-refractivity contribution >= 4 is 48.7 Å². The maximum absolute atomic E-state index is 12.6. The van der Waals surface area contributed by atoms with Crippen LogP contribution in [0.15, 0.2) is 41.3 Å². The number of anilines is 1. The van der Waals surface area contributed by atoms with Crippen LogP contribution in [0.2, 0.25) is 0 Å². The fraction of sp³-hybridized carbons (Fsp3) is 0.250. The highest BCUT2D eigenvalue weighted by atomic mass is 79.9. The van der Waals surface area contributed by atoms with E-state index in [4.69, 9.17) is 0 Å². The monoisotopic (exact) mass is 403 g/mol. The number of carbonyl (C=O) groups is 1. The number of hydrogen-bond acceptors (Lipinski definition) is 6. The lowest BCUT2D eigenvalue weighted by molar-refractivity contribution is 0.0746. The van der Waals surface area contributed by atoms with E-state index in [1.54, 1.807) is 36.0 Å². The second-order valence-electron chi connectivity index (χ2n) is 5.50. The molecule has 8 heteroatoms. The molecule has 0 radical (unpaired) electrons. The van der Waals surface area contributed by atoms with Gasteiger partial charge in [-0.05, 0) is 34.1 Å². The molecule has 1 amide bonds. The Morgan fingerprint density at radius 3 is 2.79 bits per heavy atom. The van der Waals surface area contributed by atoms with Gasteiger partial charge >= 0.3 is 0 Å². The molecule has 0 bridgehead atoms. The van der Waals surface area contributed by atoms with Crippen LogP contribution in [0, 0.1) is 0 Å². The number of aromatic nitrogens is 3. The number of nitrogens with zero attached hydrogens (tertiary/aromatic N) is 5. The van der Waals surface area contributed by atoms with Gasteiger partial charge in [0.25, 0.3) is 5.91 Å². The van der Waals surface area contributed by atoms with Crippen LogP contribution in [-0.2, 0) is 0 Å². The molecule has 3 aromatic heterocycles. The van der Waals surface area contributed by atoms with Crippen LogP contribution in [-0.4, -0.2) is 51.9 Å². The molecule has 0 unspecified atom stereocenters. The zero-order valence-electron chi connectivity index (χ0n) is 12.7. The van der Waals surface area contributed by atoms with Crippen LogP contribution in [0.3, 0.4) is 0 Å². The zero-order valence-corrected chi connectivity index (χ0v) is 15.1. The second-order valence-corrected chi connectivity index (χ2v) is 7.37. The maximum Gasteiger partial charge on any atom is 0.255 e. The topological polar surface area (TPSA) is 62.2 Å². The summed E-state index contributed by atoms with van der Waals surface area (Å²) in [5.41, 5.74) is 1.54. The van der Waals surface area contributed by atoms with E-state index in [-0.39, 0.29) is 5.91 Å². The predicted molar refractivity (Wildman–Crippen MR) is 97.5 cm³/mol. The van der Waals surface area contributed by atoms with Crippen LogP contribution < -0.4 is 4.90 Å². The third-order valence-electron chi connectivity index (χ3n) is 3.94. The summed E-state index contributed by atoms with van der Waals surface area (Å²) in [6.07, 6.45) is 5.07. The van der Waals surface area contributed by atoms with Gasteiger partial charge in [0.2, 0.25) is 0 Å². The van der Waals surface area contributed by atoms with E-state index < -0.39 is 0 Å². The molecular formula is C16H14BrN5OS. The first kappa shape index (κ1) is 15.5. The predicted octanol–water partition coefficient (Wildman–Crippen LogP) is 2.81. The molecule has 1 aliphatic heterocycles. The lowest BCUT2D eigenvalue weighted by Crippen LogP contribution is -2.48. The van der Waals surface area contributed by atoms with Crippen molar-refractivity contribution in [2.45, 2.75) is 0 Å². The highest BCUT2D eigenvalue weighted by Gasteiger charge is 2.24. The Hall–Kier alpha value is -2.06. The maximum atomic E-state index is 12.6. The lowest BCUT2D eigenvalue weighted by atomic mass is 10.2. The van der Waals surface area contributed by atoms with Crippen LogP contribution in [0.5, 0.6) is 0 Å². The fourth-order valence-corrected chi connectivity index (χ4v) is 4.03. The second kappa shape index (κ2) is 6.45.